The van der Waals surface area contributed by atoms with Gasteiger partial charge in [-0.3, -0.25) is 14.8 Å². The molecular weight excluding hydrogens is 334 g/mol. The van der Waals surface area contributed by atoms with E-state index in [-0.39, 0.29) is 0 Å². The normalized spacial score (nSPS) is 19.9. The van der Waals surface area contributed by atoms with Gasteiger partial charge < -0.3 is 4.74 Å². The van der Waals surface area contributed by atoms with E-state index in [2.05, 4.69) is 51.2 Å². The zero-order valence-corrected chi connectivity index (χ0v) is 16.2. The van der Waals surface area contributed by atoms with E-state index in [9.17, 15) is 0 Å². The Bertz CT molecular complexity index is 700. The minimum Gasteiger partial charge on any atom is -0.490 e. The summed E-state index contributed by atoms with van der Waals surface area (Å²) in [6, 6.07) is 14.8. The van der Waals surface area contributed by atoms with Crippen LogP contribution in [0.2, 0.25) is 0 Å². The van der Waals surface area contributed by atoms with Gasteiger partial charge >= 0.3 is 0 Å². The summed E-state index contributed by atoms with van der Waals surface area (Å²) in [7, 11) is 0. The molecular formula is C23H31N3O. The van der Waals surface area contributed by atoms with Crippen LogP contribution < -0.4 is 4.74 Å². The molecule has 0 atom stereocenters. The summed E-state index contributed by atoms with van der Waals surface area (Å²) in [5, 5.41) is 0. The zero-order chi connectivity index (χ0) is 18.3. The van der Waals surface area contributed by atoms with Crippen LogP contribution in [0.1, 0.15) is 43.4 Å². The average Bonchev–Trinajstić information content (AvgIpc) is 3.11. The Labute approximate surface area is 163 Å². The van der Waals surface area contributed by atoms with Gasteiger partial charge in [-0.25, -0.2) is 0 Å². The fourth-order valence-electron chi connectivity index (χ4n) is 4.24. The third kappa shape index (κ3) is 5.30. The largest absolute Gasteiger partial charge is 0.490 e. The fraction of sp³-hybridized carbons (Fsp3) is 0.522. The first-order chi connectivity index (χ1) is 13.4. The molecule has 4 rings (SSSR count). The van der Waals surface area contributed by atoms with E-state index in [1.165, 1.54) is 43.4 Å². The average molecular weight is 366 g/mol. The summed E-state index contributed by atoms with van der Waals surface area (Å²) >= 11 is 0. The lowest BCUT2D eigenvalue weighted by Gasteiger charge is -2.23. The van der Waals surface area contributed by atoms with Gasteiger partial charge in [0.25, 0.3) is 0 Å². The predicted octanol–water partition coefficient (Wildman–Crippen LogP) is 4.11. The quantitative estimate of drug-likeness (QED) is 0.770. The van der Waals surface area contributed by atoms with E-state index in [0.717, 1.165) is 45.0 Å². The van der Waals surface area contributed by atoms with Crippen LogP contribution >= 0.6 is 0 Å². The number of ether oxygens (including phenoxy) is 1. The molecule has 4 heteroatoms. The zero-order valence-electron chi connectivity index (χ0n) is 16.2. The van der Waals surface area contributed by atoms with E-state index in [0.29, 0.717) is 6.10 Å². The summed E-state index contributed by atoms with van der Waals surface area (Å²) < 4.78 is 6.33. The Morgan fingerprint density at radius 1 is 0.815 bits per heavy atom. The van der Waals surface area contributed by atoms with E-state index in [1.54, 1.807) is 0 Å². The molecule has 0 N–H and O–H groups in total. The monoisotopic (exact) mass is 365 g/mol. The van der Waals surface area contributed by atoms with Crippen LogP contribution in [0, 0.1) is 0 Å². The molecule has 1 saturated carbocycles. The molecule has 1 aromatic carbocycles. The number of benzene rings is 1. The minimum absolute atomic E-state index is 0.421. The summed E-state index contributed by atoms with van der Waals surface area (Å²) in [6.07, 6.45) is 8.56. The SMILES string of the molecule is c1ccc(CN2CCCN(Cc3ccccc3OC3CCCC3)CC2)nc1. The molecule has 2 heterocycles. The lowest BCUT2D eigenvalue weighted by molar-refractivity contribution is 0.201. The Morgan fingerprint density at radius 3 is 2.33 bits per heavy atom. The van der Waals surface area contributed by atoms with Gasteiger partial charge in [-0.15, -0.1) is 0 Å². The maximum absolute atomic E-state index is 6.33. The van der Waals surface area contributed by atoms with Crippen LogP contribution in [0.3, 0.4) is 0 Å². The fourth-order valence-corrected chi connectivity index (χ4v) is 4.24. The minimum atomic E-state index is 0.421. The first-order valence-electron chi connectivity index (χ1n) is 10.5. The third-order valence-corrected chi connectivity index (χ3v) is 5.76. The first kappa shape index (κ1) is 18.5. The number of pyridine rings is 1. The summed E-state index contributed by atoms with van der Waals surface area (Å²) in [5.74, 6) is 1.10. The molecule has 1 aliphatic carbocycles. The van der Waals surface area contributed by atoms with Gasteiger partial charge in [-0.05, 0) is 63.4 Å². The Kier molecular flexibility index (Phi) is 6.38. The van der Waals surface area contributed by atoms with Crippen LogP contribution in [0.15, 0.2) is 48.7 Å². The molecule has 1 saturated heterocycles. The summed E-state index contributed by atoms with van der Waals surface area (Å²) in [6.45, 7) is 6.44. The molecule has 0 bridgehead atoms. The van der Waals surface area contributed by atoms with Crippen molar-refractivity contribution in [3.8, 4) is 5.75 Å². The van der Waals surface area contributed by atoms with E-state index in [4.69, 9.17) is 4.74 Å². The highest BCUT2D eigenvalue weighted by atomic mass is 16.5. The van der Waals surface area contributed by atoms with Gasteiger partial charge in [0.15, 0.2) is 0 Å². The van der Waals surface area contributed by atoms with Crippen LogP contribution in [0.5, 0.6) is 5.75 Å². The molecule has 1 aliphatic heterocycles. The van der Waals surface area contributed by atoms with Crippen molar-refractivity contribution in [2.75, 3.05) is 26.2 Å². The van der Waals surface area contributed by atoms with Gasteiger partial charge in [0.2, 0.25) is 0 Å². The van der Waals surface area contributed by atoms with E-state index in [1.807, 2.05) is 12.3 Å². The van der Waals surface area contributed by atoms with Gasteiger partial charge in [0.1, 0.15) is 5.75 Å². The molecule has 0 spiro atoms. The molecule has 4 nitrogen and oxygen atoms in total. The van der Waals surface area contributed by atoms with Gasteiger partial charge in [0, 0.05) is 37.9 Å². The highest BCUT2D eigenvalue weighted by molar-refractivity contribution is 5.33. The molecule has 0 amide bonds. The number of nitrogens with zero attached hydrogens (tertiary/aromatic N) is 3. The van der Waals surface area contributed by atoms with E-state index >= 15 is 0 Å². The highest BCUT2D eigenvalue weighted by Crippen LogP contribution is 2.27. The van der Waals surface area contributed by atoms with Crippen LogP contribution in [-0.2, 0) is 13.1 Å². The number of rotatable bonds is 6. The Balaban J connectivity index is 1.33. The maximum Gasteiger partial charge on any atom is 0.124 e. The summed E-state index contributed by atoms with van der Waals surface area (Å²) in [4.78, 5) is 9.59. The molecule has 0 unspecified atom stereocenters. The van der Waals surface area contributed by atoms with Crippen LogP contribution in [0.25, 0.3) is 0 Å². The van der Waals surface area contributed by atoms with Crippen molar-refractivity contribution in [2.45, 2.75) is 51.3 Å². The number of hydrogen-bond donors (Lipinski definition) is 0. The maximum atomic E-state index is 6.33. The number of para-hydroxylation sites is 1. The Hall–Kier alpha value is -1.91. The first-order valence-corrected chi connectivity index (χ1v) is 10.5. The highest BCUT2D eigenvalue weighted by Gasteiger charge is 2.20. The lowest BCUT2D eigenvalue weighted by Crippen LogP contribution is -2.30. The van der Waals surface area contributed by atoms with Crippen molar-refractivity contribution in [1.29, 1.82) is 0 Å². The predicted molar refractivity (Wildman–Crippen MR) is 109 cm³/mol. The standard InChI is InChI=1S/C23H31N3O/c1-4-12-23(27-22-10-2-3-11-22)20(8-1)18-25-14-7-15-26(17-16-25)19-21-9-5-6-13-24-21/h1,4-6,8-9,12-13,22H,2-3,7,10-11,14-19H2. The van der Waals surface area contributed by atoms with Crippen molar-refractivity contribution < 1.29 is 4.74 Å². The number of aromatic nitrogens is 1. The van der Waals surface area contributed by atoms with Crippen molar-refractivity contribution in [3.63, 3.8) is 0 Å². The van der Waals surface area contributed by atoms with Gasteiger partial charge in [-0.1, -0.05) is 24.3 Å². The van der Waals surface area contributed by atoms with Gasteiger partial charge in [-0.2, -0.15) is 0 Å². The molecule has 2 aliphatic rings. The van der Waals surface area contributed by atoms with E-state index < -0.39 is 0 Å². The third-order valence-electron chi connectivity index (χ3n) is 5.76. The topological polar surface area (TPSA) is 28.6 Å². The van der Waals surface area contributed by atoms with Crippen molar-refractivity contribution in [2.24, 2.45) is 0 Å². The van der Waals surface area contributed by atoms with Crippen molar-refractivity contribution >= 4 is 0 Å². The molecule has 0 radical (unpaired) electrons. The number of hydrogen-bond acceptors (Lipinski definition) is 4. The molecule has 1 aromatic heterocycles. The van der Waals surface area contributed by atoms with Crippen LogP contribution in [0.4, 0.5) is 0 Å². The van der Waals surface area contributed by atoms with Crippen molar-refractivity contribution in [1.82, 2.24) is 14.8 Å². The second kappa shape index (κ2) is 9.34. The smallest absolute Gasteiger partial charge is 0.124 e. The lowest BCUT2D eigenvalue weighted by atomic mass is 10.1. The second-order valence-electron chi connectivity index (χ2n) is 7.86. The molecule has 2 aromatic rings. The molecule has 144 valence electrons. The second-order valence-corrected chi connectivity index (χ2v) is 7.86. The molecule has 2 fully saturated rings. The van der Waals surface area contributed by atoms with Crippen LogP contribution in [-0.4, -0.2) is 47.1 Å². The Morgan fingerprint density at radius 2 is 1.56 bits per heavy atom. The molecule has 27 heavy (non-hydrogen) atoms. The summed E-state index contributed by atoms with van der Waals surface area (Å²) in [5.41, 5.74) is 2.50. The van der Waals surface area contributed by atoms with Crippen molar-refractivity contribution in [3.05, 3.63) is 59.9 Å². The van der Waals surface area contributed by atoms with Gasteiger partial charge in [0.05, 0.1) is 11.8 Å².